The zero-order chi connectivity index (χ0) is 9.19. The fourth-order valence-corrected chi connectivity index (χ4v) is 3.85. The Hall–Kier alpha value is -0.353. The zero-order valence-electron chi connectivity index (χ0n) is 7.92. The number of hydrogen-bond donors (Lipinski definition) is 0. The minimum Gasteiger partial charge on any atom is -0.519 e. The molecule has 0 aromatic rings. The number of carbonyl (C=O) groups excluding carboxylic acids is 1. The van der Waals surface area contributed by atoms with Crippen LogP contribution in [0.2, 0.25) is 18.1 Å². The summed E-state index contributed by atoms with van der Waals surface area (Å²) in [6, 6.07) is 0.987. The maximum absolute atomic E-state index is 10.8. The van der Waals surface area contributed by atoms with Gasteiger partial charge < -0.3 is 9.16 Å². The molecule has 0 aliphatic carbocycles. The molecule has 70 valence electrons. The van der Waals surface area contributed by atoms with Gasteiger partial charge in [-0.3, -0.25) is 4.79 Å². The summed E-state index contributed by atoms with van der Waals surface area (Å²) in [5.74, 6) is -0.141. The SMILES string of the molecule is CC[Si](C)(OC(C)=O)C1COC1. The molecule has 1 atom stereocenters. The monoisotopic (exact) mass is 188 g/mol. The van der Waals surface area contributed by atoms with Crippen LogP contribution in [-0.2, 0) is 14.0 Å². The third-order valence-electron chi connectivity index (χ3n) is 2.58. The van der Waals surface area contributed by atoms with Gasteiger partial charge in [0, 0.05) is 12.5 Å². The van der Waals surface area contributed by atoms with Crippen molar-refractivity contribution in [1.29, 1.82) is 0 Å². The number of rotatable bonds is 3. The predicted octanol–water partition coefficient (Wildman–Crippen LogP) is 1.55. The van der Waals surface area contributed by atoms with Crippen molar-refractivity contribution in [3.05, 3.63) is 0 Å². The van der Waals surface area contributed by atoms with Crippen LogP contribution in [0.1, 0.15) is 13.8 Å². The number of hydrogen-bond acceptors (Lipinski definition) is 3. The van der Waals surface area contributed by atoms with Crippen molar-refractivity contribution in [2.24, 2.45) is 0 Å². The van der Waals surface area contributed by atoms with Gasteiger partial charge in [0.2, 0.25) is 0 Å². The molecule has 0 radical (unpaired) electrons. The molecule has 1 fully saturated rings. The van der Waals surface area contributed by atoms with Crippen LogP contribution in [0.15, 0.2) is 0 Å². The van der Waals surface area contributed by atoms with Crippen LogP contribution in [0, 0.1) is 0 Å². The van der Waals surface area contributed by atoms with Crippen molar-refractivity contribution in [1.82, 2.24) is 0 Å². The van der Waals surface area contributed by atoms with E-state index in [-0.39, 0.29) is 5.97 Å². The first-order valence-corrected chi connectivity index (χ1v) is 7.05. The zero-order valence-corrected chi connectivity index (χ0v) is 8.92. The molecule has 1 saturated heterocycles. The highest BCUT2D eigenvalue weighted by Crippen LogP contribution is 2.33. The molecule has 1 rings (SSSR count). The fraction of sp³-hybridized carbons (Fsp3) is 0.875. The molecule has 1 aliphatic heterocycles. The molecular formula is C8H16O3Si. The Morgan fingerprint density at radius 1 is 1.67 bits per heavy atom. The Kier molecular flexibility index (Phi) is 2.90. The summed E-state index contributed by atoms with van der Waals surface area (Å²) in [5.41, 5.74) is 0.520. The lowest BCUT2D eigenvalue weighted by molar-refractivity contribution is -0.133. The van der Waals surface area contributed by atoms with Crippen molar-refractivity contribution < 1.29 is 14.0 Å². The summed E-state index contributed by atoms with van der Waals surface area (Å²) in [4.78, 5) is 10.8. The maximum atomic E-state index is 10.8. The molecule has 0 amide bonds. The quantitative estimate of drug-likeness (QED) is 0.630. The van der Waals surface area contributed by atoms with Crippen molar-refractivity contribution in [2.45, 2.75) is 32.0 Å². The van der Waals surface area contributed by atoms with Crippen molar-refractivity contribution in [3.63, 3.8) is 0 Å². The van der Waals surface area contributed by atoms with Gasteiger partial charge in [0.05, 0.1) is 13.2 Å². The molecule has 1 aliphatic rings. The van der Waals surface area contributed by atoms with Gasteiger partial charge in [0.25, 0.3) is 14.3 Å². The Morgan fingerprint density at radius 2 is 2.25 bits per heavy atom. The molecule has 0 aromatic heterocycles. The van der Waals surface area contributed by atoms with Crippen LogP contribution in [-0.4, -0.2) is 27.5 Å². The van der Waals surface area contributed by atoms with Gasteiger partial charge in [-0.2, -0.15) is 0 Å². The van der Waals surface area contributed by atoms with Crippen molar-refractivity contribution in [3.8, 4) is 0 Å². The number of carbonyl (C=O) groups is 1. The van der Waals surface area contributed by atoms with Gasteiger partial charge in [-0.1, -0.05) is 6.92 Å². The lowest BCUT2D eigenvalue weighted by Crippen LogP contribution is -2.49. The van der Waals surface area contributed by atoms with Gasteiger partial charge in [-0.05, 0) is 12.6 Å². The van der Waals surface area contributed by atoms with E-state index in [1.54, 1.807) is 0 Å². The smallest absolute Gasteiger partial charge is 0.289 e. The Bertz CT molecular complexity index is 179. The topological polar surface area (TPSA) is 35.5 Å². The van der Waals surface area contributed by atoms with Gasteiger partial charge in [-0.15, -0.1) is 0 Å². The van der Waals surface area contributed by atoms with E-state index in [9.17, 15) is 4.79 Å². The molecule has 0 bridgehead atoms. The molecule has 1 unspecified atom stereocenters. The first kappa shape index (κ1) is 9.73. The molecule has 4 heteroatoms. The van der Waals surface area contributed by atoms with Crippen LogP contribution in [0.5, 0.6) is 0 Å². The maximum Gasteiger partial charge on any atom is 0.289 e. The first-order valence-electron chi connectivity index (χ1n) is 4.36. The normalized spacial score (nSPS) is 22.6. The highest BCUT2D eigenvalue weighted by Gasteiger charge is 2.43. The largest absolute Gasteiger partial charge is 0.519 e. The van der Waals surface area contributed by atoms with E-state index in [1.807, 2.05) is 0 Å². The van der Waals surface area contributed by atoms with Gasteiger partial charge in [-0.25, -0.2) is 0 Å². The summed E-state index contributed by atoms with van der Waals surface area (Å²) in [6.07, 6.45) is 0. The van der Waals surface area contributed by atoms with Crippen LogP contribution in [0.4, 0.5) is 0 Å². The average molecular weight is 188 g/mol. The second-order valence-corrected chi connectivity index (χ2v) is 7.85. The molecule has 12 heavy (non-hydrogen) atoms. The highest BCUT2D eigenvalue weighted by atomic mass is 28.4. The average Bonchev–Trinajstić information content (AvgIpc) is 1.81. The van der Waals surface area contributed by atoms with E-state index in [4.69, 9.17) is 9.16 Å². The summed E-state index contributed by atoms with van der Waals surface area (Å²) in [7, 11) is -1.78. The van der Waals surface area contributed by atoms with Crippen LogP contribution in [0.3, 0.4) is 0 Å². The van der Waals surface area contributed by atoms with Crippen molar-refractivity contribution >= 4 is 14.3 Å². The number of ether oxygens (including phenoxy) is 1. The summed E-state index contributed by atoms with van der Waals surface area (Å²) >= 11 is 0. The summed E-state index contributed by atoms with van der Waals surface area (Å²) in [5, 5.41) is 0. The highest BCUT2D eigenvalue weighted by molar-refractivity contribution is 6.75. The summed E-state index contributed by atoms with van der Waals surface area (Å²) < 4.78 is 10.5. The van der Waals surface area contributed by atoms with E-state index in [2.05, 4.69) is 13.5 Å². The Balaban J connectivity index is 2.53. The lowest BCUT2D eigenvalue weighted by atomic mass is 10.4. The first-order chi connectivity index (χ1) is 5.58. The standard InChI is InChI=1S/C8H16O3Si/c1-4-12(3,11-7(2)9)8-5-10-6-8/h8H,4-6H2,1-3H3. The summed E-state index contributed by atoms with van der Waals surface area (Å²) in [6.45, 7) is 7.25. The van der Waals surface area contributed by atoms with Gasteiger partial charge >= 0.3 is 0 Å². The van der Waals surface area contributed by atoms with Gasteiger partial charge in [0.15, 0.2) is 0 Å². The molecular weight excluding hydrogens is 172 g/mol. The third kappa shape index (κ3) is 1.87. The molecule has 1 heterocycles. The van der Waals surface area contributed by atoms with E-state index in [1.165, 1.54) is 6.92 Å². The van der Waals surface area contributed by atoms with Crippen LogP contribution in [0.25, 0.3) is 0 Å². The second kappa shape index (κ2) is 3.58. The predicted molar refractivity (Wildman–Crippen MR) is 48.4 cm³/mol. The van der Waals surface area contributed by atoms with Crippen LogP contribution >= 0.6 is 0 Å². The van der Waals surface area contributed by atoms with Gasteiger partial charge in [0.1, 0.15) is 0 Å². The molecule has 0 saturated carbocycles. The fourth-order valence-electron chi connectivity index (χ4n) is 1.36. The third-order valence-corrected chi connectivity index (χ3v) is 6.80. The van der Waals surface area contributed by atoms with E-state index in [0.717, 1.165) is 19.3 Å². The molecule has 0 aromatic carbocycles. The molecule has 0 spiro atoms. The van der Waals surface area contributed by atoms with E-state index in [0.29, 0.717) is 5.54 Å². The minimum absolute atomic E-state index is 0.141. The Labute approximate surface area is 74.2 Å². The van der Waals surface area contributed by atoms with E-state index < -0.39 is 8.32 Å². The lowest BCUT2D eigenvalue weighted by Gasteiger charge is -2.38. The molecule has 0 N–H and O–H groups in total. The Morgan fingerprint density at radius 3 is 2.50 bits per heavy atom. The van der Waals surface area contributed by atoms with Crippen LogP contribution < -0.4 is 0 Å². The minimum atomic E-state index is -1.78. The van der Waals surface area contributed by atoms with E-state index >= 15 is 0 Å². The molecule has 3 nitrogen and oxygen atoms in total. The second-order valence-electron chi connectivity index (χ2n) is 3.49. The van der Waals surface area contributed by atoms with Crippen molar-refractivity contribution in [2.75, 3.05) is 13.2 Å².